The van der Waals surface area contributed by atoms with Crippen LogP contribution in [-0.4, -0.2) is 14.7 Å². The molecule has 0 amide bonds. The third-order valence-corrected chi connectivity index (χ3v) is 5.70. The van der Waals surface area contributed by atoms with Crippen LogP contribution in [0.5, 0.6) is 0 Å². The van der Waals surface area contributed by atoms with Crippen LogP contribution in [0.15, 0.2) is 78.1 Å². The van der Waals surface area contributed by atoms with Crippen LogP contribution in [0.25, 0.3) is 10.8 Å². The SMILES string of the molecule is Cc1ccc(Cn2cc(CO)nc2SCc2cccc3ccccc23)cc1. The largest absolute Gasteiger partial charge is 0.390 e. The third kappa shape index (κ3) is 4.07. The molecule has 1 aromatic heterocycles. The number of aliphatic hydroxyl groups is 1. The summed E-state index contributed by atoms with van der Waals surface area (Å²) < 4.78 is 2.13. The van der Waals surface area contributed by atoms with Gasteiger partial charge in [0.25, 0.3) is 0 Å². The van der Waals surface area contributed by atoms with Gasteiger partial charge in [0.2, 0.25) is 0 Å². The lowest BCUT2D eigenvalue weighted by Crippen LogP contribution is -2.00. The number of hydrogen-bond acceptors (Lipinski definition) is 3. The van der Waals surface area contributed by atoms with Gasteiger partial charge in [-0.3, -0.25) is 0 Å². The van der Waals surface area contributed by atoms with Crippen molar-refractivity contribution in [1.29, 1.82) is 0 Å². The van der Waals surface area contributed by atoms with E-state index in [1.165, 1.54) is 27.5 Å². The first-order valence-corrected chi connectivity index (χ1v) is 10.0. The molecule has 0 fully saturated rings. The molecule has 0 saturated heterocycles. The maximum Gasteiger partial charge on any atom is 0.168 e. The molecule has 0 unspecified atom stereocenters. The lowest BCUT2D eigenvalue weighted by Gasteiger charge is -2.09. The van der Waals surface area contributed by atoms with Crippen molar-refractivity contribution in [3.8, 4) is 0 Å². The van der Waals surface area contributed by atoms with Crippen molar-refractivity contribution >= 4 is 22.5 Å². The van der Waals surface area contributed by atoms with Crippen molar-refractivity contribution < 1.29 is 5.11 Å². The van der Waals surface area contributed by atoms with Gasteiger partial charge >= 0.3 is 0 Å². The minimum Gasteiger partial charge on any atom is -0.390 e. The lowest BCUT2D eigenvalue weighted by molar-refractivity contribution is 0.277. The summed E-state index contributed by atoms with van der Waals surface area (Å²) in [6.07, 6.45) is 1.95. The van der Waals surface area contributed by atoms with Crippen LogP contribution >= 0.6 is 11.8 Å². The van der Waals surface area contributed by atoms with E-state index in [2.05, 4.69) is 83.2 Å². The Morgan fingerprint density at radius 2 is 1.74 bits per heavy atom. The molecule has 3 aromatic carbocycles. The van der Waals surface area contributed by atoms with Crippen molar-refractivity contribution in [2.45, 2.75) is 31.0 Å². The number of aromatic nitrogens is 2. The first-order valence-electron chi connectivity index (χ1n) is 9.05. The molecule has 0 saturated carbocycles. The van der Waals surface area contributed by atoms with Crippen LogP contribution in [0, 0.1) is 6.92 Å². The van der Waals surface area contributed by atoms with Crippen molar-refractivity contribution in [2.24, 2.45) is 0 Å². The molecule has 4 rings (SSSR count). The van der Waals surface area contributed by atoms with Crippen molar-refractivity contribution in [2.75, 3.05) is 0 Å². The Morgan fingerprint density at radius 1 is 0.963 bits per heavy atom. The Morgan fingerprint density at radius 3 is 2.56 bits per heavy atom. The summed E-state index contributed by atoms with van der Waals surface area (Å²) in [7, 11) is 0. The number of rotatable bonds is 6. The van der Waals surface area contributed by atoms with Crippen molar-refractivity contribution in [3.05, 3.63) is 95.3 Å². The Kier molecular flexibility index (Phi) is 5.28. The predicted molar refractivity (Wildman–Crippen MR) is 112 cm³/mol. The summed E-state index contributed by atoms with van der Waals surface area (Å²) in [6.45, 7) is 2.81. The van der Waals surface area contributed by atoms with Gasteiger partial charge in [0.15, 0.2) is 5.16 Å². The number of nitrogens with zero attached hydrogens (tertiary/aromatic N) is 2. The topological polar surface area (TPSA) is 38.0 Å². The first-order chi connectivity index (χ1) is 13.2. The molecule has 0 atom stereocenters. The standard InChI is InChI=1S/C23H22N2OS/c1-17-9-11-18(12-10-17)13-25-14-21(15-26)24-23(25)27-16-20-7-4-6-19-5-2-3-8-22(19)20/h2-12,14,26H,13,15-16H2,1H3. The van der Waals surface area contributed by atoms with E-state index in [9.17, 15) is 5.11 Å². The van der Waals surface area contributed by atoms with Gasteiger partial charge in [-0.1, -0.05) is 84.1 Å². The molecule has 0 aliphatic heterocycles. The van der Waals surface area contributed by atoms with E-state index in [0.717, 1.165) is 17.5 Å². The normalized spacial score (nSPS) is 11.2. The number of fused-ring (bicyclic) bond motifs is 1. The van der Waals surface area contributed by atoms with Crippen LogP contribution in [0.2, 0.25) is 0 Å². The number of benzene rings is 3. The van der Waals surface area contributed by atoms with E-state index >= 15 is 0 Å². The van der Waals surface area contributed by atoms with Gasteiger partial charge in [-0.2, -0.15) is 0 Å². The molecule has 0 spiro atoms. The van der Waals surface area contributed by atoms with Gasteiger partial charge in [-0.15, -0.1) is 0 Å². The number of imidazole rings is 1. The van der Waals surface area contributed by atoms with Gasteiger partial charge < -0.3 is 9.67 Å². The molecule has 4 heteroatoms. The fourth-order valence-corrected chi connectivity index (χ4v) is 4.21. The average Bonchev–Trinajstić information content (AvgIpc) is 3.10. The number of aliphatic hydroxyl groups excluding tert-OH is 1. The zero-order valence-electron chi connectivity index (χ0n) is 15.3. The quantitative estimate of drug-likeness (QED) is 0.473. The molecule has 4 aromatic rings. The van der Waals surface area contributed by atoms with E-state index in [1.807, 2.05) is 6.20 Å². The fourth-order valence-electron chi connectivity index (χ4n) is 3.21. The molecule has 0 aliphatic carbocycles. The van der Waals surface area contributed by atoms with Gasteiger partial charge in [-0.05, 0) is 28.8 Å². The van der Waals surface area contributed by atoms with E-state index in [-0.39, 0.29) is 6.61 Å². The van der Waals surface area contributed by atoms with E-state index < -0.39 is 0 Å². The van der Waals surface area contributed by atoms with Gasteiger partial charge in [-0.25, -0.2) is 4.98 Å². The van der Waals surface area contributed by atoms with Gasteiger partial charge in [0.1, 0.15) is 0 Å². The molecule has 1 N–H and O–H groups in total. The highest BCUT2D eigenvalue weighted by atomic mass is 32.2. The fraction of sp³-hybridized carbons (Fsp3) is 0.174. The van der Waals surface area contributed by atoms with Crippen molar-refractivity contribution in [3.63, 3.8) is 0 Å². The minimum absolute atomic E-state index is 0.0390. The summed E-state index contributed by atoms with van der Waals surface area (Å²) in [5, 5.41) is 13.0. The second-order valence-electron chi connectivity index (χ2n) is 6.71. The van der Waals surface area contributed by atoms with Gasteiger partial charge in [0.05, 0.1) is 12.3 Å². The zero-order chi connectivity index (χ0) is 18.6. The Hall–Kier alpha value is -2.56. The van der Waals surface area contributed by atoms with E-state index in [4.69, 9.17) is 0 Å². The van der Waals surface area contributed by atoms with Crippen molar-refractivity contribution in [1.82, 2.24) is 9.55 Å². The Bertz CT molecular complexity index is 1050. The summed E-state index contributed by atoms with van der Waals surface area (Å²) in [5.41, 5.74) is 4.50. The second-order valence-corrected chi connectivity index (χ2v) is 7.66. The van der Waals surface area contributed by atoms with Crippen LogP contribution < -0.4 is 0 Å². The predicted octanol–water partition coefficient (Wildman–Crippen LogP) is 5.18. The zero-order valence-corrected chi connectivity index (χ0v) is 16.1. The van der Waals surface area contributed by atoms with E-state index in [1.54, 1.807) is 11.8 Å². The summed E-state index contributed by atoms with van der Waals surface area (Å²) >= 11 is 1.71. The molecule has 3 nitrogen and oxygen atoms in total. The summed E-state index contributed by atoms with van der Waals surface area (Å²) in [5.74, 6) is 0.844. The first kappa shape index (κ1) is 17.8. The summed E-state index contributed by atoms with van der Waals surface area (Å²) in [6, 6.07) is 23.4. The number of aryl methyl sites for hydroxylation is 1. The second kappa shape index (κ2) is 7.99. The Labute approximate surface area is 163 Å². The minimum atomic E-state index is -0.0390. The molecule has 0 radical (unpaired) electrons. The average molecular weight is 375 g/mol. The van der Waals surface area contributed by atoms with E-state index in [0.29, 0.717) is 5.69 Å². The van der Waals surface area contributed by atoms with Crippen LogP contribution in [0.4, 0.5) is 0 Å². The number of thioether (sulfide) groups is 1. The molecule has 136 valence electrons. The smallest absolute Gasteiger partial charge is 0.168 e. The summed E-state index contributed by atoms with van der Waals surface area (Å²) in [4.78, 5) is 4.61. The number of hydrogen-bond donors (Lipinski definition) is 1. The lowest BCUT2D eigenvalue weighted by atomic mass is 10.1. The molecule has 1 heterocycles. The van der Waals surface area contributed by atoms with Crippen LogP contribution in [-0.2, 0) is 18.9 Å². The van der Waals surface area contributed by atoms with Crippen LogP contribution in [0.1, 0.15) is 22.4 Å². The molecule has 27 heavy (non-hydrogen) atoms. The van der Waals surface area contributed by atoms with Crippen LogP contribution in [0.3, 0.4) is 0 Å². The highest BCUT2D eigenvalue weighted by Crippen LogP contribution is 2.27. The highest BCUT2D eigenvalue weighted by Gasteiger charge is 2.10. The molecular weight excluding hydrogens is 352 g/mol. The Balaban J connectivity index is 1.57. The molecule has 0 aliphatic rings. The highest BCUT2D eigenvalue weighted by molar-refractivity contribution is 7.98. The maximum atomic E-state index is 9.52. The maximum absolute atomic E-state index is 9.52. The molecular formula is C23H22N2OS. The molecule has 0 bridgehead atoms. The van der Waals surface area contributed by atoms with Gasteiger partial charge in [0, 0.05) is 18.5 Å². The monoisotopic (exact) mass is 374 g/mol. The third-order valence-electron chi connectivity index (χ3n) is 4.66.